The summed E-state index contributed by atoms with van der Waals surface area (Å²) in [6, 6.07) is -0.0541. The molecular weight excluding hydrogens is 210 g/mol. The third kappa shape index (κ3) is 2.93. The number of anilines is 1. The van der Waals surface area contributed by atoms with Crippen molar-refractivity contribution in [3.63, 3.8) is 0 Å². The molecule has 0 spiro atoms. The fraction of sp³-hybridized carbons (Fsp3) is 0.667. The van der Waals surface area contributed by atoms with Crippen LogP contribution >= 0.6 is 0 Å². The van der Waals surface area contributed by atoms with Crippen LogP contribution < -0.4 is 11.1 Å². The van der Waals surface area contributed by atoms with E-state index in [0.29, 0.717) is 12.5 Å². The van der Waals surface area contributed by atoms with Gasteiger partial charge in [-0.05, 0) is 5.92 Å². The number of aromatic nitrogens is 2. The van der Waals surface area contributed by atoms with Crippen molar-refractivity contribution in [3.05, 3.63) is 16.3 Å². The fourth-order valence-electron chi connectivity index (χ4n) is 1.19. The highest BCUT2D eigenvalue weighted by Crippen LogP contribution is 2.21. The van der Waals surface area contributed by atoms with Crippen LogP contribution in [0.4, 0.5) is 11.5 Å². The van der Waals surface area contributed by atoms with Gasteiger partial charge in [0.2, 0.25) is 5.82 Å². The van der Waals surface area contributed by atoms with Crippen molar-refractivity contribution in [2.75, 3.05) is 11.9 Å². The van der Waals surface area contributed by atoms with Gasteiger partial charge in [0.1, 0.15) is 6.20 Å². The molecule has 0 aliphatic carbocycles. The molecule has 1 unspecified atom stereocenters. The minimum Gasteiger partial charge on any atom is -0.361 e. The summed E-state index contributed by atoms with van der Waals surface area (Å²) in [5.74, 6) is 0.582. The van der Waals surface area contributed by atoms with Gasteiger partial charge in [-0.1, -0.05) is 13.8 Å². The zero-order valence-corrected chi connectivity index (χ0v) is 9.67. The largest absolute Gasteiger partial charge is 0.361 e. The summed E-state index contributed by atoms with van der Waals surface area (Å²) >= 11 is 0. The highest BCUT2D eigenvalue weighted by molar-refractivity contribution is 5.54. The minimum absolute atomic E-state index is 0.0292. The quantitative estimate of drug-likeness (QED) is 0.570. The maximum absolute atomic E-state index is 10.7. The Morgan fingerprint density at radius 2 is 2.31 bits per heavy atom. The van der Waals surface area contributed by atoms with Crippen LogP contribution in [0.25, 0.3) is 0 Å². The minimum atomic E-state index is -0.462. The summed E-state index contributed by atoms with van der Waals surface area (Å²) in [5, 5.41) is 17.6. The molecule has 90 valence electrons. The number of hydrogen-bond acceptors (Lipinski definition) is 5. The molecule has 0 saturated heterocycles. The fourth-order valence-corrected chi connectivity index (χ4v) is 1.19. The number of nitro groups is 1. The van der Waals surface area contributed by atoms with Gasteiger partial charge < -0.3 is 11.1 Å². The van der Waals surface area contributed by atoms with Gasteiger partial charge in [0, 0.05) is 19.6 Å². The lowest BCUT2D eigenvalue weighted by Crippen LogP contribution is -2.34. The second-order valence-electron chi connectivity index (χ2n) is 4.08. The standard InChI is InChI=1S/C9H17N5O2/c1-6(2)7(10)4-11-9-8(14(15)16)5-13(3)12-9/h5-7H,4,10H2,1-3H3,(H,11,12). The molecule has 0 bridgehead atoms. The predicted octanol–water partition coefficient (Wildman–Crippen LogP) is 0.723. The van der Waals surface area contributed by atoms with E-state index in [1.54, 1.807) is 7.05 Å². The Bertz CT molecular complexity index is 374. The molecule has 1 aromatic rings. The van der Waals surface area contributed by atoms with E-state index in [9.17, 15) is 10.1 Å². The number of nitrogens with two attached hydrogens (primary N) is 1. The Morgan fingerprint density at radius 1 is 1.69 bits per heavy atom. The van der Waals surface area contributed by atoms with Crippen molar-refractivity contribution in [1.29, 1.82) is 0 Å². The van der Waals surface area contributed by atoms with E-state index in [2.05, 4.69) is 10.4 Å². The molecule has 1 rings (SSSR count). The van der Waals surface area contributed by atoms with Gasteiger partial charge in [0.15, 0.2) is 0 Å². The van der Waals surface area contributed by atoms with Gasteiger partial charge in [-0.2, -0.15) is 0 Å². The number of nitrogens with one attached hydrogen (secondary N) is 1. The third-order valence-corrected chi connectivity index (χ3v) is 2.37. The van der Waals surface area contributed by atoms with Gasteiger partial charge in [0.25, 0.3) is 0 Å². The Morgan fingerprint density at radius 3 is 2.81 bits per heavy atom. The van der Waals surface area contributed by atoms with E-state index in [1.807, 2.05) is 13.8 Å². The summed E-state index contributed by atoms with van der Waals surface area (Å²) < 4.78 is 1.40. The Balaban J connectivity index is 2.70. The topological polar surface area (TPSA) is 99.0 Å². The first-order chi connectivity index (χ1) is 7.41. The Labute approximate surface area is 93.8 Å². The molecule has 0 aromatic carbocycles. The maximum Gasteiger partial charge on any atom is 0.330 e. The Kier molecular flexibility index (Phi) is 3.83. The lowest BCUT2D eigenvalue weighted by Gasteiger charge is -2.15. The maximum atomic E-state index is 10.7. The first-order valence-corrected chi connectivity index (χ1v) is 5.09. The molecule has 7 heteroatoms. The first kappa shape index (κ1) is 12.4. The van der Waals surface area contributed by atoms with Gasteiger partial charge >= 0.3 is 5.69 Å². The smallest absolute Gasteiger partial charge is 0.330 e. The molecule has 7 nitrogen and oxygen atoms in total. The number of rotatable bonds is 5. The predicted molar refractivity (Wildman–Crippen MR) is 61.2 cm³/mol. The van der Waals surface area contributed by atoms with Gasteiger partial charge in [0.05, 0.1) is 4.92 Å². The van der Waals surface area contributed by atoms with E-state index in [-0.39, 0.29) is 17.5 Å². The number of aryl methyl sites for hydroxylation is 1. The molecule has 16 heavy (non-hydrogen) atoms. The van der Waals surface area contributed by atoms with Gasteiger partial charge in [-0.25, -0.2) is 0 Å². The molecule has 0 saturated carbocycles. The summed E-state index contributed by atoms with van der Waals surface area (Å²) in [5.41, 5.74) is 5.80. The normalized spacial score (nSPS) is 12.8. The van der Waals surface area contributed by atoms with Gasteiger partial charge in [-0.15, -0.1) is 5.10 Å². The Hall–Kier alpha value is -1.63. The molecule has 0 aliphatic heterocycles. The molecule has 0 radical (unpaired) electrons. The van der Waals surface area contributed by atoms with Crippen LogP contribution in [0.2, 0.25) is 0 Å². The lowest BCUT2D eigenvalue weighted by molar-refractivity contribution is -0.384. The van der Waals surface area contributed by atoms with E-state index >= 15 is 0 Å². The molecule has 0 fully saturated rings. The first-order valence-electron chi connectivity index (χ1n) is 5.09. The monoisotopic (exact) mass is 227 g/mol. The van der Waals surface area contributed by atoms with Crippen LogP contribution in [-0.2, 0) is 7.05 Å². The van der Waals surface area contributed by atoms with Gasteiger partial charge in [-0.3, -0.25) is 14.8 Å². The molecule has 1 atom stereocenters. The van der Waals surface area contributed by atoms with E-state index in [1.165, 1.54) is 10.9 Å². The zero-order valence-electron chi connectivity index (χ0n) is 9.67. The molecule has 3 N–H and O–H groups in total. The second kappa shape index (κ2) is 4.93. The number of hydrogen-bond donors (Lipinski definition) is 2. The van der Waals surface area contributed by atoms with Crippen molar-refractivity contribution < 1.29 is 4.92 Å². The molecule has 1 aromatic heterocycles. The van der Waals surface area contributed by atoms with E-state index in [4.69, 9.17) is 5.73 Å². The molecule has 1 heterocycles. The molecule has 0 amide bonds. The van der Waals surface area contributed by atoms with Crippen molar-refractivity contribution in [2.24, 2.45) is 18.7 Å². The van der Waals surface area contributed by atoms with Crippen LogP contribution in [0.1, 0.15) is 13.8 Å². The van der Waals surface area contributed by atoms with E-state index in [0.717, 1.165) is 0 Å². The average Bonchev–Trinajstić information content (AvgIpc) is 2.56. The third-order valence-electron chi connectivity index (χ3n) is 2.37. The summed E-state index contributed by atoms with van der Waals surface area (Å²) in [6.07, 6.45) is 1.36. The SMILES string of the molecule is CC(C)C(N)CNc1nn(C)cc1[N+](=O)[O-]. The highest BCUT2D eigenvalue weighted by atomic mass is 16.6. The second-order valence-corrected chi connectivity index (χ2v) is 4.08. The van der Waals surface area contributed by atoms with Crippen LogP contribution in [0.5, 0.6) is 0 Å². The van der Waals surface area contributed by atoms with Crippen LogP contribution in [0.15, 0.2) is 6.20 Å². The highest BCUT2D eigenvalue weighted by Gasteiger charge is 2.19. The summed E-state index contributed by atoms with van der Waals surface area (Å²) in [7, 11) is 1.64. The zero-order chi connectivity index (χ0) is 12.3. The van der Waals surface area contributed by atoms with E-state index < -0.39 is 4.92 Å². The van der Waals surface area contributed by atoms with Crippen molar-refractivity contribution >= 4 is 11.5 Å². The number of nitrogens with zero attached hydrogens (tertiary/aromatic N) is 3. The van der Waals surface area contributed by atoms with Crippen LogP contribution in [-0.4, -0.2) is 27.3 Å². The lowest BCUT2D eigenvalue weighted by atomic mass is 10.1. The van der Waals surface area contributed by atoms with Crippen molar-refractivity contribution in [2.45, 2.75) is 19.9 Å². The molecule has 0 aliphatic rings. The summed E-state index contributed by atoms with van der Waals surface area (Å²) in [6.45, 7) is 4.47. The van der Waals surface area contributed by atoms with Crippen LogP contribution in [0.3, 0.4) is 0 Å². The average molecular weight is 227 g/mol. The van der Waals surface area contributed by atoms with Crippen molar-refractivity contribution in [1.82, 2.24) is 9.78 Å². The van der Waals surface area contributed by atoms with Crippen LogP contribution in [0, 0.1) is 16.0 Å². The molecular formula is C9H17N5O2. The van der Waals surface area contributed by atoms with Crippen molar-refractivity contribution in [3.8, 4) is 0 Å². The summed E-state index contributed by atoms with van der Waals surface area (Å²) in [4.78, 5) is 10.2.